The lowest BCUT2D eigenvalue weighted by Gasteiger charge is -2.34. The Labute approximate surface area is 212 Å². The molecule has 0 bridgehead atoms. The van der Waals surface area contributed by atoms with Crippen molar-refractivity contribution < 1.29 is 18.3 Å². The highest BCUT2D eigenvalue weighted by Gasteiger charge is 2.33. The Hall–Kier alpha value is -2.88. The maximum Gasteiger partial charge on any atom is 0.243 e. The van der Waals surface area contributed by atoms with E-state index in [4.69, 9.17) is 0 Å². The molecule has 4 N–H and O–H groups in total. The van der Waals surface area contributed by atoms with Gasteiger partial charge in [-0.25, -0.2) is 8.42 Å². The van der Waals surface area contributed by atoms with E-state index in [9.17, 15) is 18.3 Å². The number of rotatable bonds is 8. The van der Waals surface area contributed by atoms with E-state index in [0.717, 1.165) is 60.7 Å². The molecule has 2 aliphatic rings. The van der Waals surface area contributed by atoms with Gasteiger partial charge in [-0.2, -0.15) is 4.72 Å². The molecule has 2 aliphatic heterocycles. The second-order valence-electron chi connectivity index (χ2n) is 9.84. The molecule has 8 nitrogen and oxygen atoms in total. The second kappa shape index (κ2) is 10.6. The SMILES string of the molecule is O=C([C@H](Cc1c[nH]c2ccccc12)NS(=O)(=O)c1cccc2c1NCCC2)N1CCC(CCO)CC1. The third-order valence-corrected chi connectivity index (χ3v) is 9.00. The molecular formula is C27H34N4O4S. The number of hydrogen-bond acceptors (Lipinski definition) is 5. The monoisotopic (exact) mass is 510 g/mol. The zero-order chi connectivity index (χ0) is 25.1. The van der Waals surface area contributed by atoms with Crippen LogP contribution in [-0.2, 0) is 27.7 Å². The number of H-pyrrole nitrogens is 1. The van der Waals surface area contributed by atoms with Crippen LogP contribution in [0.5, 0.6) is 0 Å². The van der Waals surface area contributed by atoms with Crippen LogP contribution in [0, 0.1) is 5.92 Å². The van der Waals surface area contributed by atoms with Crippen molar-refractivity contribution >= 4 is 32.5 Å². The first-order chi connectivity index (χ1) is 17.5. The largest absolute Gasteiger partial charge is 0.396 e. The van der Waals surface area contributed by atoms with Crippen molar-refractivity contribution in [2.24, 2.45) is 5.92 Å². The van der Waals surface area contributed by atoms with Gasteiger partial charge in [-0.3, -0.25) is 4.79 Å². The number of piperidine rings is 1. The fraction of sp³-hybridized carbons (Fsp3) is 0.444. The highest BCUT2D eigenvalue weighted by Crippen LogP contribution is 2.30. The fourth-order valence-corrected chi connectivity index (χ4v) is 6.91. The summed E-state index contributed by atoms with van der Waals surface area (Å²) >= 11 is 0. The first kappa shape index (κ1) is 24.8. The third kappa shape index (κ3) is 5.14. The van der Waals surface area contributed by atoms with Crippen LogP contribution in [0.25, 0.3) is 10.9 Å². The minimum atomic E-state index is -3.96. The number of anilines is 1. The van der Waals surface area contributed by atoms with Gasteiger partial charge in [-0.15, -0.1) is 0 Å². The molecule has 2 aromatic carbocycles. The van der Waals surface area contributed by atoms with Gasteiger partial charge in [0.2, 0.25) is 15.9 Å². The summed E-state index contributed by atoms with van der Waals surface area (Å²) in [5.41, 5.74) is 3.47. The predicted molar refractivity (Wildman–Crippen MR) is 140 cm³/mol. The van der Waals surface area contributed by atoms with E-state index >= 15 is 0 Å². The van der Waals surface area contributed by atoms with Gasteiger partial charge >= 0.3 is 0 Å². The Kier molecular flexibility index (Phi) is 7.32. The van der Waals surface area contributed by atoms with Gasteiger partial charge in [0.05, 0.1) is 5.69 Å². The van der Waals surface area contributed by atoms with E-state index in [1.54, 1.807) is 17.0 Å². The Morgan fingerprint density at radius 1 is 1.14 bits per heavy atom. The van der Waals surface area contributed by atoms with Gasteiger partial charge in [0.15, 0.2) is 0 Å². The van der Waals surface area contributed by atoms with E-state index < -0.39 is 16.1 Å². The summed E-state index contributed by atoms with van der Waals surface area (Å²) < 4.78 is 30.1. The smallest absolute Gasteiger partial charge is 0.243 e. The number of aromatic nitrogens is 1. The summed E-state index contributed by atoms with van der Waals surface area (Å²) in [6.07, 6.45) is 6.26. The Balaban J connectivity index is 1.43. The fourth-order valence-electron chi connectivity index (χ4n) is 5.50. The highest BCUT2D eigenvalue weighted by atomic mass is 32.2. The van der Waals surface area contributed by atoms with Gasteiger partial charge < -0.3 is 20.3 Å². The molecule has 0 saturated carbocycles. The van der Waals surface area contributed by atoms with Gasteiger partial charge in [0, 0.05) is 43.3 Å². The van der Waals surface area contributed by atoms with Crippen LogP contribution in [0.2, 0.25) is 0 Å². The summed E-state index contributed by atoms with van der Waals surface area (Å²) in [6, 6.07) is 12.2. The maximum absolute atomic E-state index is 13.7. The molecule has 0 aliphatic carbocycles. The van der Waals surface area contributed by atoms with Crippen molar-refractivity contribution in [3.8, 4) is 0 Å². The minimum Gasteiger partial charge on any atom is -0.396 e. The molecule has 1 atom stereocenters. The molecule has 1 saturated heterocycles. The third-order valence-electron chi connectivity index (χ3n) is 7.48. The van der Waals surface area contributed by atoms with Gasteiger partial charge in [0.25, 0.3) is 0 Å². The van der Waals surface area contributed by atoms with E-state index in [1.807, 2.05) is 36.5 Å². The molecule has 3 aromatic rings. The second-order valence-corrected chi connectivity index (χ2v) is 11.5. The van der Waals surface area contributed by atoms with Crippen LogP contribution in [0.1, 0.15) is 36.8 Å². The number of likely N-dealkylation sites (tertiary alicyclic amines) is 1. The van der Waals surface area contributed by atoms with Crippen LogP contribution >= 0.6 is 0 Å². The van der Waals surface area contributed by atoms with Gasteiger partial charge in [0.1, 0.15) is 10.9 Å². The predicted octanol–water partition coefficient (Wildman–Crippen LogP) is 3.04. The number of carbonyl (C=O) groups is 1. The number of nitrogens with one attached hydrogen (secondary N) is 3. The quantitative estimate of drug-likeness (QED) is 0.372. The van der Waals surface area contributed by atoms with Crippen molar-refractivity contribution in [3.63, 3.8) is 0 Å². The van der Waals surface area contributed by atoms with Crippen LogP contribution in [0.15, 0.2) is 53.6 Å². The highest BCUT2D eigenvalue weighted by molar-refractivity contribution is 7.89. The molecule has 3 heterocycles. The number of hydrogen-bond donors (Lipinski definition) is 4. The molecule has 1 aromatic heterocycles. The molecular weight excluding hydrogens is 476 g/mol. The van der Waals surface area contributed by atoms with E-state index in [-0.39, 0.29) is 23.8 Å². The molecule has 0 spiro atoms. The number of benzene rings is 2. The normalized spacial score (nSPS) is 17.5. The Morgan fingerprint density at radius 3 is 2.75 bits per heavy atom. The summed E-state index contributed by atoms with van der Waals surface area (Å²) in [4.78, 5) is 18.9. The molecule has 9 heteroatoms. The van der Waals surface area contributed by atoms with Crippen molar-refractivity contribution in [1.29, 1.82) is 0 Å². The first-order valence-corrected chi connectivity index (χ1v) is 14.3. The average Bonchev–Trinajstić information content (AvgIpc) is 3.31. The molecule has 5 rings (SSSR count). The van der Waals surface area contributed by atoms with Crippen LogP contribution < -0.4 is 10.0 Å². The maximum atomic E-state index is 13.7. The summed E-state index contributed by atoms with van der Waals surface area (Å²) in [6.45, 7) is 2.01. The molecule has 192 valence electrons. The van der Waals surface area contributed by atoms with Crippen LogP contribution in [0.3, 0.4) is 0 Å². The molecule has 0 radical (unpaired) electrons. The summed E-state index contributed by atoms with van der Waals surface area (Å²) in [5.74, 6) is 0.189. The number of nitrogens with zero attached hydrogens (tertiary/aromatic N) is 1. The first-order valence-electron chi connectivity index (χ1n) is 12.8. The zero-order valence-electron chi connectivity index (χ0n) is 20.4. The minimum absolute atomic E-state index is 0.150. The number of sulfonamides is 1. The van der Waals surface area contributed by atoms with Crippen molar-refractivity contribution in [1.82, 2.24) is 14.6 Å². The van der Waals surface area contributed by atoms with Crippen LogP contribution in [-0.4, -0.2) is 61.6 Å². The number of aliphatic hydroxyl groups is 1. The molecule has 1 fully saturated rings. The Morgan fingerprint density at radius 2 is 1.94 bits per heavy atom. The molecule has 1 amide bonds. The summed E-state index contributed by atoms with van der Waals surface area (Å²) in [7, 11) is -3.96. The lowest BCUT2D eigenvalue weighted by atomic mass is 9.93. The number of amides is 1. The number of carbonyl (C=O) groups excluding carboxylic acids is 1. The van der Waals surface area contributed by atoms with Gasteiger partial charge in [-0.1, -0.05) is 30.3 Å². The molecule has 0 unspecified atom stereocenters. The number of fused-ring (bicyclic) bond motifs is 2. The average molecular weight is 511 g/mol. The van der Waals surface area contributed by atoms with Gasteiger partial charge in [-0.05, 0) is 67.7 Å². The lowest BCUT2D eigenvalue weighted by molar-refractivity contribution is -0.134. The number of aryl methyl sites for hydroxylation is 1. The zero-order valence-corrected chi connectivity index (χ0v) is 21.2. The Bertz CT molecular complexity index is 1330. The number of aromatic amines is 1. The van der Waals surface area contributed by atoms with Crippen molar-refractivity contribution in [2.75, 3.05) is 31.6 Å². The van der Waals surface area contributed by atoms with Crippen molar-refractivity contribution in [3.05, 3.63) is 59.8 Å². The van der Waals surface area contributed by atoms with E-state index in [2.05, 4.69) is 15.0 Å². The van der Waals surface area contributed by atoms with Crippen molar-refractivity contribution in [2.45, 2.75) is 49.5 Å². The molecule has 36 heavy (non-hydrogen) atoms. The topological polar surface area (TPSA) is 115 Å². The summed E-state index contributed by atoms with van der Waals surface area (Å²) in [5, 5.41) is 13.5. The lowest BCUT2D eigenvalue weighted by Crippen LogP contribution is -2.51. The van der Waals surface area contributed by atoms with E-state index in [1.165, 1.54) is 0 Å². The van der Waals surface area contributed by atoms with E-state index in [0.29, 0.717) is 24.7 Å². The number of aliphatic hydroxyl groups excluding tert-OH is 1. The number of para-hydroxylation sites is 2. The van der Waals surface area contributed by atoms with Crippen LogP contribution in [0.4, 0.5) is 5.69 Å². The standard InChI is InChI=1S/C27H34N4O4S/c32-16-12-19-10-14-31(15-11-19)27(33)24(17-21-18-29-23-8-2-1-7-22(21)23)30-36(34,35)25-9-3-5-20-6-4-13-28-26(20)25/h1-3,5,7-9,18-19,24,28-30,32H,4,6,10-17H2/t24-/m0/s1.